The summed E-state index contributed by atoms with van der Waals surface area (Å²) in [6, 6.07) is 0. The van der Waals surface area contributed by atoms with E-state index in [1.54, 1.807) is 10.9 Å². The molecule has 0 aliphatic carbocycles. The molecule has 0 spiro atoms. The monoisotopic (exact) mass is 408 g/mol. The minimum Gasteiger partial charge on any atom is -0.335 e. The van der Waals surface area contributed by atoms with Crippen LogP contribution in [-0.2, 0) is 20.1 Å². The number of halogens is 1. The topological polar surface area (TPSA) is 59.2 Å². The van der Waals surface area contributed by atoms with Crippen LogP contribution in [0.4, 0.5) is 0 Å². The molecule has 2 aromatic heterocycles. The third-order valence-corrected chi connectivity index (χ3v) is 5.58. The van der Waals surface area contributed by atoms with Crippen molar-refractivity contribution in [1.29, 1.82) is 0 Å². The zero-order valence-corrected chi connectivity index (χ0v) is 16.9. The van der Waals surface area contributed by atoms with Crippen molar-refractivity contribution < 1.29 is 4.79 Å². The number of piperazine rings is 1. The van der Waals surface area contributed by atoms with E-state index in [1.165, 1.54) is 11.3 Å². The Balaban J connectivity index is 1.64. The second-order valence-electron chi connectivity index (χ2n) is 6.50. The second kappa shape index (κ2) is 7.29. The number of aryl methyl sites for hydroxylation is 3. The highest BCUT2D eigenvalue weighted by atomic mass is 79.9. The van der Waals surface area contributed by atoms with E-state index in [9.17, 15) is 4.79 Å². The van der Waals surface area contributed by atoms with Gasteiger partial charge in [-0.05, 0) is 36.7 Å². The molecule has 1 aliphatic rings. The van der Waals surface area contributed by atoms with E-state index in [0.29, 0.717) is 12.2 Å². The summed E-state index contributed by atoms with van der Waals surface area (Å²) in [6.45, 7) is 11.0. The van der Waals surface area contributed by atoms with E-state index in [2.05, 4.69) is 44.9 Å². The lowest BCUT2D eigenvalue weighted by Crippen LogP contribution is -2.48. The van der Waals surface area contributed by atoms with E-state index in [-0.39, 0.29) is 5.91 Å². The Hall–Kier alpha value is -1.67. The molecule has 3 rings (SSSR count). The van der Waals surface area contributed by atoms with Gasteiger partial charge in [-0.15, -0.1) is 0 Å². The summed E-state index contributed by atoms with van der Waals surface area (Å²) < 4.78 is 4.46. The van der Waals surface area contributed by atoms with Crippen molar-refractivity contribution in [1.82, 2.24) is 29.4 Å². The normalized spacial score (nSPS) is 15.8. The smallest absolute Gasteiger partial charge is 0.273 e. The third-order valence-electron chi connectivity index (χ3n) is 5.00. The first-order chi connectivity index (χ1) is 11.9. The van der Waals surface area contributed by atoms with Crippen LogP contribution in [0.5, 0.6) is 0 Å². The summed E-state index contributed by atoms with van der Waals surface area (Å²) in [5.74, 6) is 0.0552. The van der Waals surface area contributed by atoms with Crippen LogP contribution >= 0.6 is 15.9 Å². The van der Waals surface area contributed by atoms with Crippen molar-refractivity contribution >= 4 is 21.8 Å². The minimum absolute atomic E-state index is 0.0552. The molecule has 0 aromatic carbocycles. The number of aromatic nitrogens is 4. The molecule has 0 atom stereocenters. The van der Waals surface area contributed by atoms with Crippen LogP contribution in [0.2, 0.25) is 0 Å². The van der Waals surface area contributed by atoms with Crippen molar-refractivity contribution in [2.24, 2.45) is 7.05 Å². The van der Waals surface area contributed by atoms with E-state index in [0.717, 1.165) is 42.9 Å². The summed E-state index contributed by atoms with van der Waals surface area (Å²) in [6.07, 6.45) is 1.70. The van der Waals surface area contributed by atoms with Gasteiger partial charge in [0.15, 0.2) is 0 Å². The first kappa shape index (κ1) is 18.1. The predicted octanol–water partition coefficient (Wildman–Crippen LogP) is 1.97. The van der Waals surface area contributed by atoms with Gasteiger partial charge >= 0.3 is 0 Å². The van der Waals surface area contributed by atoms with Crippen LogP contribution in [0.25, 0.3) is 0 Å². The molecular weight excluding hydrogens is 384 g/mol. The summed E-state index contributed by atoms with van der Waals surface area (Å²) in [5.41, 5.74) is 4.25. The Bertz CT molecular complexity index is 772. The predicted molar refractivity (Wildman–Crippen MR) is 99.5 cm³/mol. The highest BCUT2D eigenvalue weighted by Crippen LogP contribution is 2.20. The van der Waals surface area contributed by atoms with Crippen LogP contribution < -0.4 is 0 Å². The van der Waals surface area contributed by atoms with Gasteiger partial charge in [-0.2, -0.15) is 10.2 Å². The lowest BCUT2D eigenvalue weighted by Gasteiger charge is -2.34. The molecule has 136 valence electrons. The van der Waals surface area contributed by atoms with Gasteiger partial charge in [0.2, 0.25) is 0 Å². The van der Waals surface area contributed by atoms with E-state index < -0.39 is 0 Å². The standard InChI is InChI=1S/C17H25BrN6O/c1-5-24-16(15(18)10-19-24)17(25)23-8-6-22(7-9-23)11-14-12(2)20-21(4)13(14)3/h10H,5-9,11H2,1-4H3. The van der Waals surface area contributed by atoms with Crippen LogP contribution in [0, 0.1) is 13.8 Å². The SMILES string of the molecule is CCn1ncc(Br)c1C(=O)N1CCN(Cc2c(C)nn(C)c2C)CC1. The maximum Gasteiger partial charge on any atom is 0.273 e. The maximum atomic E-state index is 12.8. The van der Waals surface area contributed by atoms with Crippen molar-refractivity contribution in [2.45, 2.75) is 33.9 Å². The van der Waals surface area contributed by atoms with Gasteiger partial charge in [0.1, 0.15) is 5.69 Å². The molecule has 7 nitrogen and oxygen atoms in total. The first-order valence-corrected chi connectivity index (χ1v) is 9.43. The fourth-order valence-electron chi connectivity index (χ4n) is 3.34. The number of amides is 1. The van der Waals surface area contributed by atoms with Crippen LogP contribution in [0.3, 0.4) is 0 Å². The van der Waals surface area contributed by atoms with E-state index >= 15 is 0 Å². The third kappa shape index (κ3) is 3.50. The van der Waals surface area contributed by atoms with Crippen molar-refractivity contribution in [3.63, 3.8) is 0 Å². The zero-order chi connectivity index (χ0) is 18.1. The Labute approximate surface area is 156 Å². The van der Waals surface area contributed by atoms with Crippen molar-refractivity contribution in [2.75, 3.05) is 26.2 Å². The van der Waals surface area contributed by atoms with E-state index in [4.69, 9.17) is 0 Å². The largest absolute Gasteiger partial charge is 0.335 e. The molecule has 2 aromatic rings. The Morgan fingerprint density at radius 2 is 1.92 bits per heavy atom. The quantitative estimate of drug-likeness (QED) is 0.775. The number of nitrogens with zero attached hydrogens (tertiary/aromatic N) is 6. The van der Waals surface area contributed by atoms with Gasteiger partial charge in [-0.1, -0.05) is 0 Å². The van der Waals surface area contributed by atoms with Crippen molar-refractivity contribution in [3.8, 4) is 0 Å². The Morgan fingerprint density at radius 1 is 1.24 bits per heavy atom. The molecular formula is C17H25BrN6O. The fourth-order valence-corrected chi connectivity index (χ4v) is 3.81. The van der Waals surface area contributed by atoms with Crippen LogP contribution in [0.15, 0.2) is 10.7 Å². The molecule has 25 heavy (non-hydrogen) atoms. The van der Waals surface area contributed by atoms with Gasteiger partial charge in [0.05, 0.1) is 16.4 Å². The fraction of sp³-hybridized carbons (Fsp3) is 0.588. The molecule has 1 saturated heterocycles. The highest BCUT2D eigenvalue weighted by molar-refractivity contribution is 9.10. The first-order valence-electron chi connectivity index (χ1n) is 8.64. The average Bonchev–Trinajstić information content (AvgIpc) is 3.09. The van der Waals surface area contributed by atoms with Gasteiger partial charge in [0, 0.05) is 57.6 Å². The Kier molecular flexibility index (Phi) is 5.29. The number of hydrogen-bond acceptors (Lipinski definition) is 4. The molecule has 0 saturated carbocycles. The maximum absolute atomic E-state index is 12.8. The summed E-state index contributed by atoms with van der Waals surface area (Å²) in [4.78, 5) is 17.2. The lowest BCUT2D eigenvalue weighted by atomic mass is 10.1. The van der Waals surface area contributed by atoms with Crippen LogP contribution in [-0.4, -0.2) is 61.4 Å². The second-order valence-corrected chi connectivity index (χ2v) is 7.35. The Morgan fingerprint density at radius 3 is 2.48 bits per heavy atom. The summed E-state index contributed by atoms with van der Waals surface area (Å²) in [5, 5.41) is 8.74. The molecule has 8 heteroatoms. The van der Waals surface area contributed by atoms with E-state index in [1.807, 2.05) is 23.6 Å². The van der Waals surface area contributed by atoms with Gasteiger partial charge < -0.3 is 4.90 Å². The number of carbonyl (C=O) groups is 1. The molecule has 0 bridgehead atoms. The number of hydrogen-bond donors (Lipinski definition) is 0. The molecule has 1 aliphatic heterocycles. The number of rotatable bonds is 4. The summed E-state index contributed by atoms with van der Waals surface area (Å²) >= 11 is 3.45. The van der Waals surface area contributed by atoms with Gasteiger partial charge in [-0.25, -0.2) is 0 Å². The molecule has 0 radical (unpaired) electrons. The minimum atomic E-state index is 0.0552. The lowest BCUT2D eigenvalue weighted by molar-refractivity contribution is 0.0615. The van der Waals surface area contributed by atoms with Gasteiger partial charge in [-0.3, -0.25) is 19.1 Å². The number of carbonyl (C=O) groups excluding carboxylic acids is 1. The molecule has 0 N–H and O–H groups in total. The summed E-state index contributed by atoms with van der Waals surface area (Å²) in [7, 11) is 1.98. The molecule has 1 amide bonds. The zero-order valence-electron chi connectivity index (χ0n) is 15.3. The highest BCUT2D eigenvalue weighted by Gasteiger charge is 2.27. The van der Waals surface area contributed by atoms with Crippen LogP contribution in [0.1, 0.15) is 34.4 Å². The van der Waals surface area contributed by atoms with Gasteiger partial charge in [0.25, 0.3) is 5.91 Å². The molecule has 3 heterocycles. The average molecular weight is 409 g/mol. The molecule has 0 unspecified atom stereocenters. The molecule has 1 fully saturated rings. The van der Waals surface area contributed by atoms with Crippen molar-refractivity contribution in [3.05, 3.63) is 33.3 Å².